The highest BCUT2D eigenvalue weighted by atomic mass is 19.4. The maximum atomic E-state index is 12.3. The number of hydrogen-bond acceptors (Lipinski definition) is 2. The highest BCUT2D eigenvalue weighted by Crippen LogP contribution is 2.41. The molecule has 16 heavy (non-hydrogen) atoms. The third-order valence-corrected chi connectivity index (χ3v) is 2.95. The van der Waals surface area contributed by atoms with Crippen molar-refractivity contribution in [3.05, 3.63) is 35.4 Å². The van der Waals surface area contributed by atoms with Gasteiger partial charge in [0.25, 0.3) is 0 Å². The summed E-state index contributed by atoms with van der Waals surface area (Å²) in [6.07, 6.45) is -3.53. The van der Waals surface area contributed by atoms with Gasteiger partial charge in [-0.15, -0.1) is 0 Å². The van der Waals surface area contributed by atoms with Crippen molar-refractivity contribution in [1.29, 1.82) is 0 Å². The van der Waals surface area contributed by atoms with E-state index in [1.54, 1.807) is 0 Å². The van der Waals surface area contributed by atoms with Crippen LogP contribution in [0.15, 0.2) is 24.3 Å². The van der Waals surface area contributed by atoms with Crippen LogP contribution in [0.1, 0.15) is 24.0 Å². The zero-order valence-electron chi connectivity index (χ0n) is 8.46. The summed E-state index contributed by atoms with van der Waals surface area (Å²) in [5, 5.41) is 9.98. The van der Waals surface area contributed by atoms with Gasteiger partial charge in [-0.3, -0.25) is 0 Å². The minimum Gasteiger partial charge on any atom is -0.385 e. The molecular weight excluding hydrogens is 219 g/mol. The van der Waals surface area contributed by atoms with E-state index >= 15 is 0 Å². The molecule has 1 aromatic carbocycles. The number of nitrogens with two attached hydrogens (primary N) is 1. The van der Waals surface area contributed by atoms with Gasteiger partial charge in [0.05, 0.1) is 11.2 Å². The van der Waals surface area contributed by atoms with Gasteiger partial charge < -0.3 is 10.8 Å². The van der Waals surface area contributed by atoms with Crippen molar-refractivity contribution in [2.24, 2.45) is 5.73 Å². The van der Waals surface area contributed by atoms with Gasteiger partial charge in [0.1, 0.15) is 0 Å². The summed E-state index contributed by atoms with van der Waals surface area (Å²) >= 11 is 0. The average molecular weight is 231 g/mol. The van der Waals surface area contributed by atoms with Crippen LogP contribution in [0.2, 0.25) is 0 Å². The van der Waals surface area contributed by atoms with E-state index in [2.05, 4.69) is 0 Å². The molecule has 1 aliphatic rings. The van der Waals surface area contributed by atoms with Crippen molar-refractivity contribution in [2.75, 3.05) is 0 Å². The van der Waals surface area contributed by atoms with Crippen LogP contribution in [0, 0.1) is 0 Å². The summed E-state index contributed by atoms with van der Waals surface area (Å²) < 4.78 is 36.9. The van der Waals surface area contributed by atoms with E-state index in [0.717, 1.165) is 12.1 Å². The Labute approximate surface area is 90.9 Å². The summed E-state index contributed by atoms with van der Waals surface area (Å²) in [5.74, 6) is 0. The van der Waals surface area contributed by atoms with Crippen molar-refractivity contribution in [1.82, 2.24) is 0 Å². The summed E-state index contributed by atoms with van der Waals surface area (Å²) in [5.41, 5.74) is 4.31. The van der Waals surface area contributed by atoms with Crippen LogP contribution in [0.25, 0.3) is 0 Å². The van der Waals surface area contributed by atoms with Crippen molar-refractivity contribution in [3.8, 4) is 0 Å². The van der Waals surface area contributed by atoms with E-state index in [1.165, 1.54) is 12.1 Å². The van der Waals surface area contributed by atoms with Crippen LogP contribution in [0.5, 0.6) is 0 Å². The number of halogens is 3. The minimum absolute atomic E-state index is 0.0627. The van der Waals surface area contributed by atoms with Crippen LogP contribution in [0.4, 0.5) is 13.2 Å². The maximum absolute atomic E-state index is 12.3. The van der Waals surface area contributed by atoms with Crippen LogP contribution in [-0.4, -0.2) is 11.1 Å². The normalized spacial score (nSPS) is 29.9. The highest BCUT2D eigenvalue weighted by molar-refractivity contribution is 5.31. The Morgan fingerprint density at radius 1 is 1.19 bits per heavy atom. The van der Waals surface area contributed by atoms with Crippen molar-refractivity contribution in [2.45, 2.75) is 30.7 Å². The largest absolute Gasteiger partial charge is 0.416 e. The molecule has 1 saturated carbocycles. The molecule has 1 aliphatic carbocycles. The second-order valence-electron chi connectivity index (χ2n) is 4.28. The van der Waals surface area contributed by atoms with E-state index in [9.17, 15) is 18.3 Å². The first-order valence-corrected chi connectivity index (χ1v) is 4.97. The fourth-order valence-electron chi connectivity index (χ4n) is 2.01. The molecule has 1 fully saturated rings. The first-order chi connectivity index (χ1) is 7.31. The van der Waals surface area contributed by atoms with Gasteiger partial charge >= 0.3 is 6.18 Å². The quantitative estimate of drug-likeness (QED) is 0.776. The molecule has 0 saturated heterocycles. The molecule has 2 nitrogen and oxygen atoms in total. The predicted molar refractivity (Wildman–Crippen MR) is 52.6 cm³/mol. The zero-order chi connectivity index (χ0) is 12.0. The zero-order valence-corrected chi connectivity index (χ0v) is 8.46. The van der Waals surface area contributed by atoms with Crippen LogP contribution in [0.3, 0.4) is 0 Å². The van der Waals surface area contributed by atoms with Crippen LogP contribution < -0.4 is 5.73 Å². The third kappa shape index (κ3) is 1.92. The standard InChI is InChI=1S/C11H12F3NO/c12-11(13,14)8-3-1-7(2-4-8)10(16)5-9(15)6-10/h1-4,9,16H,5-6,15H2. The van der Waals surface area contributed by atoms with Gasteiger partial charge in [0.2, 0.25) is 0 Å². The maximum Gasteiger partial charge on any atom is 0.416 e. The van der Waals surface area contributed by atoms with Crippen LogP contribution >= 0.6 is 0 Å². The van der Waals surface area contributed by atoms with Gasteiger partial charge in [0, 0.05) is 6.04 Å². The molecule has 0 radical (unpaired) electrons. The first kappa shape index (κ1) is 11.4. The molecule has 3 N–H and O–H groups in total. The molecule has 1 aromatic rings. The molecular formula is C11H12F3NO. The monoisotopic (exact) mass is 231 g/mol. The minimum atomic E-state index is -4.34. The van der Waals surface area contributed by atoms with Gasteiger partial charge in [-0.2, -0.15) is 13.2 Å². The van der Waals surface area contributed by atoms with Gasteiger partial charge in [-0.1, -0.05) is 12.1 Å². The topological polar surface area (TPSA) is 46.2 Å². The Bertz CT molecular complexity index is 379. The lowest BCUT2D eigenvalue weighted by Crippen LogP contribution is -2.49. The molecule has 0 amide bonds. The molecule has 0 heterocycles. The Hall–Kier alpha value is -1.07. The predicted octanol–water partition coefficient (Wildman–Crippen LogP) is 2.01. The Morgan fingerprint density at radius 2 is 1.69 bits per heavy atom. The lowest BCUT2D eigenvalue weighted by atomic mass is 9.72. The fourth-order valence-corrected chi connectivity index (χ4v) is 2.01. The SMILES string of the molecule is NC1CC(O)(c2ccc(C(F)(F)F)cc2)C1. The van der Waals surface area contributed by atoms with Crippen molar-refractivity contribution < 1.29 is 18.3 Å². The summed E-state index contributed by atoms with van der Waals surface area (Å²) in [6, 6.07) is 4.53. The number of alkyl halides is 3. The van der Waals surface area contributed by atoms with Crippen LogP contribution in [-0.2, 0) is 11.8 Å². The molecule has 0 bridgehead atoms. The molecule has 0 aliphatic heterocycles. The van der Waals surface area contributed by atoms with Crippen molar-refractivity contribution in [3.63, 3.8) is 0 Å². The molecule has 0 atom stereocenters. The smallest absolute Gasteiger partial charge is 0.385 e. The lowest BCUT2D eigenvalue weighted by molar-refractivity contribution is -0.137. The summed E-state index contributed by atoms with van der Waals surface area (Å²) in [4.78, 5) is 0. The number of hydrogen-bond donors (Lipinski definition) is 2. The number of aliphatic hydroxyl groups is 1. The Morgan fingerprint density at radius 3 is 2.06 bits per heavy atom. The van der Waals surface area contributed by atoms with E-state index in [0.29, 0.717) is 18.4 Å². The molecule has 0 aromatic heterocycles. The Kier molecular flexibility index (Phi) is 2.47. The molecule has 2 rings (SSSR count). The molecule has 5 heteroatoms. The number of rotatable bonds is 1. The van der Waals surface area contributed by atoms with Crippen molar-refractivity contribution >= 4 is 0 Å². The second-order valence-corrected chi connectivity index (χ2v) is 4.28. The van der Waals surface area contributed by atoms with Gasteiger partial charge in [0.15, 0.2) is 0 Å². The summed E-state index contributed by atoms with van der Waals surface area (Å²) in [7, 11) is 0. The third-order valence-electron chi connectivity index (χ3n) is 2.95. The first-order valence-electron chi connectivity index (χ1n) is 4.97. The van der Waals surface area contributed by atoms with E-state index < -0.39 is 17.3 Å². The van der Waals surface area contributed by atoms with E-state index in [4.69, 9.17) is 5.73 Å². The van der Waals surface area contributed by atoms with E-state index in [-0.39, 0.29) is 6.04 Å². The average Bonchev–Trinajstić information content (AvgIpc) is 2.14. The molecule has 88 valence electrons. The molecule has 0 unspecified atom stereocenters. The van der Waals surface area contributed by atoms with Gasteiger partial charge in [-0.05, 0) is 30.5 Å². The second kappa shape index (κ2) is 3.46. The van der Waals surface area contributed by atoms with E-state index in [1.807, 2.05) is 0 Å². The van der Waals surface area contributed by atoms with Gasteiger partial charge in [-0.25, -0.2) is 0 Å². The Balaban J connectivity index is 2.20. The lowest BCUT2D eigenvalue weighted by Gasteiger charge is -2.42. The summed E-state index contributed by atoms with van der Waals surface area (Å²) in [6.45, 7) is 0. The number of benzene rings is 1. The molecule has 0 spiro atoms. The fraction of sp³-hybridized carbons (Fsp3) is 0.455. The highest BCUT2D eigenvalue weighted by Gasteiger charge is 2.42.